The van der Waals surface area contributed by atoms with E-state index in [1.165, 1.54) is 16.0 Å². The van der Waals surface area contributed by atoms with E-state index in [2.05, 4.69) is 34.3 Å². The Kier molecular flexibility index (Phi) is 5.73. The number of carbonyl (C=O) groups excluding carboxylic acids is 2. The molecule has 0 atom stereocenters. The first-order chi connectivity index (χ1) is 13.6. The topological polar surface area (TPSA) is 65.5 Å². The standard InChI is InChI=1S/C21H26N4O2S/c1-2-15-4-5-16(23-10-15)11-24-9-6-17-18(14-28-19(17)12-24)21(27)25-8-3-7-22-20(26)13-25/h4-5,10,14H,2-3,6-9,11-13H2,1H3,(H,22,26). The Labute approximate surface area is 169 Å². The summed E-state index contributed by atoms with van der Waals surface area (Å²) in [5.74, 6) is -0.0671. The summed E-state index contributed by atoms with van der Waals surface area (Å²) in [5.41, 5.74) is 4.31. The van der Waals surface area contributed by atoms with E-state index in [1.54, 1.807) is 16.2 Å². The van der Waals surface area contributed by atoms with Crippen LogP contribution in [0.4, 0.5) is 0 Å². The van der Waals surface area contributed by atoms with Crippen molar-refractivity contribution in [3.63, 3.8) is 0 Å². The van der Waals surface area contributed by atoms with Crippen molar-refractivity contribution >= 4 is 23.2 Å². The second-order valence-corrected chi connectivity index (χ2v) is 8.42. The van der Waals surface area contributed by atoms with Gasteiger partial charge in [-0.25, -0.2) is 0 Å². The molecule has 4 heterocycles. The number of aromatic nitrogens is 1. The lowest BCUT2D eigenvalue weighted by Crippen LogP contribution is -2.38. The van der Waals surface area contributed by atoms with Crippen LogP contribution in [0.2, 0.25) is 0 Å². The molecule has 1 fully saturated rings. The number of nitrogens with zero attached hydrogens (tertiary/aromatic N) is 3. The van der Waals surface area contributed by atoms with Crippen LogP contribution in [-0.4, -0.2) is 52.8 Å². The van der Waals surface area contributed by atoms with Gasteiger partial charge in [0.25, 0.3) is 5.91 Å². The Balaban J connectivity index is 1.43. The molecule has 2 aliphatic rings. The summed E-state index contributed by atoms with van der Waals surface area (Å²) < 4.78 is 0. The minimum Gasteiger partial charge on any atom is -0.354 e. The van der Waals surface area contributed by atoms with Crippen LogP contribution in [0.5, 0.6) is 0 Å². The zero-order valence-electron chi connectivity index (χ0n) is 16.2. The van der Waals surface area contributed by atoms with Gasteiger partial charge in [-0.3, -0.25) is 19.5 Å². The summed E-state index contributed by atoms with van der Waals surface area (Å²) in [6, 6.07) is 4.26. The molecule has 0 bridgehead atoms. The number of fused-ring (bicyclic) bond motifs is 1. The van der Waals surface area contributed by atoms with Crippen LogP contribution in [0.1, 0.15) is 45.4 Å². The highest BCUT2D eigenvalue weighted by Gasteiger charge is 2.28. The highest BCUT2D eigenvalue weighted by Crippen LogP contribution is 2.30. The second kappa shape index (κ2) is 8.41. The molecule has 0 saturated carbocycles. The quantitative estimate of drug-likeness (QED) is 0.858. The largest absolute Gasteiger partial charge is 0.354 e. The van der Waals surface area contributed by atoms with Gasteiger partial charge in [0.1, 0.15) is 0 Å². The Morgan fingerprint density at radius 3 is 2.96 bits per heavy atom. The molecule has 2 aliphatic heterocycles. The lowest BCUT2D eigenvalue weighted by Gasteiger charge is -2.27. The predicted octanol–water partition coefficient (Wildman–Crippen LogP) is 2.23. The Bertz CT molecular complexity index is 862. The molecule has 1 saturated heterocycles. The van der Waals surface area contributed by atoms with E-state index in [0.29, 0.717) is 13.1 Å². The molecule has 0 aliphatic carbocycles. The van der Waals surface area contributed by atoms with Crippen LogP contribution >= 0.6 is 11.3 Å². The molecule has 0 radical (unpaired) electrons. The Hall–Kier alpha value is -2.25. The van der Waals surface area contributed by atoms with Gasteiger partial charge < -0.3 is 10.2 Å². The van der Waals surface area contributed by atoms with Crippen molar-refractivity contribution < 1.29 is 9.59 Å². The van der Waals surface area contributed by atoms with Gasteiger partial charge in [-0.1, -0.05) is 13.0 Å². The average Bonchev–Trinajstić information content (AvgIpc) is 3.01. The number of thiophene rings is 1. The van der Waals surface area contributed by atoms with E-state index in [9.17, 15) is 9.59 Å². The van der Waals surface area contributed by atoms with E-state index in [0.717, 1.165) is 50.2 Å². The molecule has 0 spiro atoms. The molecule has 0 aromatic carbocycles. The third-order valence-corrected chi connectivity index (χ3v) is 6.50. The molecule has 148 valence electrons. The van der Waals surface area contributed by atoms with Crippen LogP contribution in [0, 0.1) is 0 Å². The Morgan fingerprint density at radius 2 is 2.18 bits per heavy atom. The van der Waals surface area contributed by atoms with Gasteiger partial charge in [0.2, 0.25) is 5.91 Å². The number of amides is 2. The molecular formula is C21H26N4O2S. The van der Waals surface area contributed by atoms with Crippen molar-refractivity contribution in [2.75, 3.05) is 26.2 Å². The summed E-state index contributed by atoms with van der Waals surface area (Å²) in [5, 5.41) is 4.81. The predicted molar refractivity (Wildman–Crippen MR) is 109 cm³/mol. The smallest absolute Gasteiger partial charge is 0.255 e. The van der Waals surface area contributed by atoms with E-state index in [4.69, 9.17) is 0 Å². The fourth-order valence-corrected chi connectivity index (χ4v) is 4.95. The van der Waals surface area contributed by atoms with Crippen molar-refractivity contribution in [3.05, 3.63) is 51.0 Å². The summed E-state index contributed by atoms with van der Waals surface area (Å²) in [7, 11) is 0. The fraction of sp³-hybridized carbons (Fsp3) is 0.476. The summed E-state index contributed by atoms with van der Waals surface area (Å²) in [6.45, 7) is 6.18. The van der Waals surface area contributed by atoms with Crippen molar-refractivity contribution in [3.8, 4) is 0 Å². The van der Waals surface area contributed by atoms with Crippen LogP contribution in [0.15, 0.2) is 23.7 Å². The van der Waals surface area contributed by atoms with Crippen molar-refractivity contribution in [1.29, 1.82) is 0 Å². The van der Waals surface area contributed by atoms with Crippen molar-refractivity contribution in [2.45, 2.75) is 39.3 Å². The first kappa shape index (κ1) is 19.1. The van der Waals surface area contributed by atoms with Gasteiger partial charge in [0.15, 0.2) is 0 Å². The van der Waals surface area contributed by atoms with E-state index in [-0.39, 0.29) is 18.4 Å². The number of carbonyl (C=O) groups is 2. The SMILES string of the molecule is CCc1ccc(CN2CCc3c(C(=O)N4CCCNC(=O)C4)csc3C2)nc1. The van der Waals surface area contributed by atoms with Crippen LogP contribution < -0.4 is 5.32 Å². The van der Waals surface area contributed by atoms with Gasteiger partial charge >= 0.3 is 0 Å². The van der Waals surface area contributed by atoms with Crippen LogP contribution in [-0.2, 0) is 30.7 Å². The second-order valence-electron chi connectivity index (χ2n) is 7.45. The zero-order chi connectivity index (χ0) is 19.5. The van der Waals surface area contributed by atoms with Crippen LogP contribution in [0.25, 0.3) is 0 Å². The number of aryl methyl sites for hydroxylation is 1. The van der Waals surface area contributed by atoms with Crippen molar-refractivity contribution in [1.82, 2.24) is 20.1 Å². The lowest BCUT2D eigenvalue weighted by atomic mass is 10.0. The molecular weight excluding hydrogens is 372 g/mol. The zero-order valence-corrected chi connectivity index (χ0v) is 17.1. The number of rotatable bonds is 4. The third-order valence-electron chi connectivity index (χ3n) is 5.48. The van der Waals surface area contributed by atoms with Gasteiger partial charge in [0, 0.05) is 49.2 Å². The van der Waals surface area contributed by atoms with Gasteiger partial charge in [-0.05, 0) is 36.5 Å². The molecule has 6 nitrogen and oxygen atoms in total. The minimum absolute atomic E-state index is 0.000166. The molecule has 7 heteroatoms. The monoisotopic (exact) mass is 398 g/mol. The minimum atomic E-state index is -0.0669. The van der Waals surface area contributed by atoms with Crippen molar-refractivity contribution in [2.24, 2.45) is 0 Å². The summed E-state index contributed by atoms with van der Waals surface area (Å²) in [6.07, 6.45) is 4.64. The highest BCUT2D eigenvalue weighted by atomic mass is 32.1. The maximum Gasteiger partial charge on any atom is 0.255 e. The maximum absolute atomic E-state index is 13.0. The highest BCUT2D eigenvalue weighted by molar-refractivity contribution is 7.10. The van der Waals surface area contributed by atoms with Gasteiger partial charge in [0.05, 0.1) is 17.8 Å². The number of hydrogen-bond donors (Lipinski definition) is 1. The summed E-state index contributed by atoms with van der Waals surface area (Å²) in [4.78, 5) is 34.7. The number of hydrogen-bond acceptors (Lipinski definition) is 5. The third kappa shape index (κ3) is 4.10. The lowest BCUT2D eigenvalue weighted by molar-refractivity contribution is -0.121. The van der Waals surface area contributed by atoms with Gasteiger partial charge in [-0.15, -0.1) is 11.3 Å². The fourth-order valence-electron chi connectivity index (χ4n) is 3.83. The molecule has 2 aromatic rings. The first-order valence-electron chi connectivity index (χ1n) is 9.95. The molecule has 1 N–H and O–H groups in total. The average molecular weight is 399 g/mol. The first-order valence-corrected chi connectivity index (χ1v) is 10.8. The number of pyridine rings is 1. The molecule has 2 aromatic heterocycles. The summed E-state index contributed by atoms with van der Waals surface area (Å²) >= 11 is 1.66. The maximum atomic E-state index is 13.0. The van der Waals surface area contributed by atoms with E-state index in [1.807, 2.05) is 11.6 Å². The number of nitrogens with one attached hydrogen (secondary N) is 1. The van der Waals surface area contributed by atoms with E-state index >= 15 is 0 Å². The molecule has 0 unspecified atom stereocenters. The molecule has 2 amide bonds. The van der Waals surface area contributed by atoms with Crippen LogP contribution in [0.3, 0.4) is 0 Å². The molecule has 4 rings (SSSR count). The Morgan fingerprint density at radius 1 is 1.29 bits per heavy atom. The molecule has 28 heavy (non-hydrogen) atoms. The van der Waals surface area contributed by atoms with E-state index < -0.39 is 0 Å². The van der Waals surface area contributed by atoms with Gasteiger partial charge in [-0.2, -0.15) is 0 Å². The normalized spacial score (nSPS) is 17.8.